The molecule has 5 nitrogen and oxygen atoms in total. The van der Waals surface area contributed by atoms with Gasteiger partial charge in [0.15, 0.2) is 10.7 Å². The van der Waals surface area contributed by atoms with Crippen LogP contribution in [0.5, 0.6) is 5.75 Å². The van der Waals surface area contributed by atoms with Gasteiger partial charge in [0.2, 0.25) is 0 Å². The van der Waals surface area contributed by atoms with Crippen LogP contribution in [0.15, 0.2) is 29.8 Å². The zero-order valence-electron chi connectivity index (χ0n) is 13.2. The summed E-state index contributed by atoms with van der Waals surface area (Å²) in [6.07, 6.45) is 2.59. The van der Waals surface area contributed by atoms with E-state index in [2.05, 4.69) is 24.9 Å². The predicted molar refractivity (Wildman–Crippen MR) is 90.7 cm³/mol. The Morgan fingerprint density at radius 3 is 2.91 bits per heavy atom. The second-order valence-corrected chi connectivity index (χ2v) is 6.31. The topological polar surface area (TPSA) is 63.8 Å². The molecule has 0 saturated carbocycles. The number of ether oxygens (including phenoxy) is 1. The smallest absolute Gasteiger partial charge is 0.356 e. The zero-order valence-corrected chi connectivity index (χ0v) is 14.1. The SMILES string of the molecule is CCC(C)c1cc(-c2csc3nc(C(=O)O)cn23)ccc1OC. The van der Waals surface area contributed by atoms with Crippen molar-refractivity contribution in [3.8, 4) is 17.0 Å². The van der Waals surface area contributed by atoms with Gasteiger partial charge < -0.3 is 9.84 Å². The number of carboxylic acids is 1. The molecule has 0 fully saturated rings. The van der Waals surface area contributed by atoms with E-state index < -0.39 is 5.97 Å². The fraction of sp³-hybridized carbons (Fsp3) is 0.294. The first-order valence-corrected chi connectivity index (χ1v) is 8.31. The second-order valence-electron chi connectivity index (χ2n) is 5.47. The van der Waals surface area contributed by atoms with Crippen LogP contribution in [0.4, 0.5) is 0 Å². The molecule has 3 rings (SSSR count). The summed E-state index contributed by atoms with van der Waals surface area (Å²) in [5, 5.41) is 11.1. The van der Waals surface area contributed by atoms with Gasteiger partial charge in [-0.2, -0.15) is 0 Å². The summed E-state index contributed by atoms with van der Waals surface area (Å²) in [7, 11) is 1.68. The van der Waals surface area contributed by atoms with E-state index >= 15 is 0 Å². The molecule has 0 aliphatic heterocycles. The van der Waals surface area contributed by atoms with Gasteiger partial charge in [-0.1, -0.05) is 13.8 Å². The highest BCUT2D eigenvalue weighted by atomic mass is 32.1. The number of methoxy groups -OCH3 is 1. The molecule has 2 aromatic heterocycles. The van der Waals surface area contributed by atoms with Gasteiger partial charge in [-0.3, -0.25) is 4.40 Å². The Kier molecular flexibility index (Phi) is 4.09. The van der Waals surface area contributed by atoms with Crippen molar-refractivity contribution in [3.05, 3.63) is 41.0 Å². The van der Waals surface area contributed by atoms with Crippen LogP contribution in [0.1, 0.15) is 42.2 Å². The second kappa shape index (κ2) is 6.04. The molecule has 1 aromatic carbocycles. The standard InChI is InChI=1S/C17H18N2O3S/c1-4-10(2)12-7-11(5-6-15(12)22-3)14-9-23-17-18-13(16(20)21)8-19(14)17/h5-10H,4H2,1-3H3,(H,20,21). The molecular formula is C17H18N2O3S. The maximum absolute atomic E-state index is 11.1. The number of fused-ring (bicyclic) bond motifs is 1. The number of benzene rings is 1. The van der Waals surface area contributed by atoms with E-state index in [1.54, 1.807) is 13.3 Å². The van der Waals surface area contributed by atoms with Gasteiger partial charge in [0.1, 0.15) is 5.75 Å². The summed E-state index contributed by atoms with van der Waals surface area (Å²) in [4.78, 5) is 15.9. The Morgan fingerprint density at radius 1 is 1.48 bits per heavy atom. The monoisotopic (exact) mass is 330 g/mol. The third-order valence-corrected chi connectivity index (χ3v) is 4.94. The number of carboxylic acid groups (broad SMARTS) is 1. The lowest BCUT2D eigenvalue weighted by atomic mass is 9.95. The average molecular weight is 330 g/mol. The number of carbonyl (C=O) groups is 1. The van der Waals surface area contributed by atoms with Gasteiger partial charge in [-0.05, 0) is 41.7 Å². The maximum atomic E-state index is 11.1. The molecule has 6 heteroatoms. The van der Waals surface area contributed by atoms with E-state index in [4.69, 9.17) is 9.84 Å². The molecule has 0 saturated heterocycles. The van der Waals surface area contributed by atoms with Crippen molar-refractivity contribution in [3.63, 3.8) is 0 Å². The molecule has 0 aliphatic rings. The van der Waals surface area contributed by atoms with Crippen molar-refractivity contribution < 1.29 is 14.6 Å². The maximum Gasteiger partial charge on any atom is 0.356 e. The predicted octanol–water partition coefficient (Wildman–Crippen LogP) is 4.28. The van der Waals surface area contributed by atoms with Crippen LogP contribution in [0.25, 0.3) is 16.2 Å². The summed E-state index contributed by atoms with van der Waals surface area (Å²) < 4.78 is 7.30. The van der Waals surface area contributed by atoms with E-state index in [1.807, 2.05) is 21.9 Å². The quantitative estimate of drug-likeness (QED) is 0.758. The third-order valence-electron chi connectivity index (χ3n) is 4.10. The molecule has 0 radical (unpaired) electrons. The first-order chi connectivity index (χ1) is 11.0. The minimum absolute atomic E-state index is 0.0637. The van der Waals surface area contributed by atoms with Crippen LogP contribution in [0.2, 0.25) is 0 Å². The minimum Gasteiger partial charge on any atom is -0.496 e. The van der Waals surface area contributed by atoms with Gasteiger partial charge in [-0.15, -0.1) is 11.3 Å². The summed E-state index contributed by atoms with van der Waals surface area (Å²) in [6.45, 7) is 4.32. The highest BCUT2D eigenvalue weighted by Gasteiger charge is 2.16. The van der Waals surface area contributed by atoms with E-state index in [0.717, 1.165) is 29.0 Å². The number of nitrogens with zero attached hydrogens (tertiary/aromatic N) is 2. The lowest BCUT2D eigenvalue weighted by molar-refractivity contribution is 0.0691. The fourth-order valence-electron chi connectivity index (χ4n) is 2.59. The van der Waals surface area contributed by atoms with Crippen LogP contribution in [0.3, 0.4) is 0 Å². The van der Waals surface area contributed by atoms with Gasteiger partial charge in [0.25, 0.3) is 0 Å². The highest BCUT2D eigenvalue weighted by Crippen LogP contribution is 2.34. The van der Waals surface area contributed by atoms with Gasteiger partial charge in [0.05, 0.1) is 12.8 Å². The van der Waals surface area contributed by atoms with E-state index in [-0.39, 0.29) is 5.69 Å². The highest BCUT2D eigenvalue weighted by molar-refractivity contribution is 7.15. The van der Waals surface area contributed by atoms with E-state index in [9.17, 15) is 4.79 Å². The largest absolute Gasteiger partial charge is 0.496 e. The molecule has 0 spiro atoms. The lowest BCUT2D eigenvalue weighted by Crippen LogP contribution is -1.98. The summed E-state index contributed by atoms with van der Waals surface area (Å²) in [5.41, 5.74) is 3.19. The number of rotatable bonds is 5. The van der Waals surface area contributed by atoms with Crippen LogP contribution in [0, 0.1) is 0 Å². The number of aromatic nitrogens is 2. The van der Waals surface area contributed by atoms with Crippen molar-refractivity contribution in [2.75, 3.05) is 7.11 Å². The summed E-state index contributed by atoms with van der Waals surface area (Å²) in [5.74, 6) is 0.254. The average Bonchev–Trinajstić information content (AvgIpc) is 3.14. The van der Waals surface area contributed by atoms with Gasteiger partial charge in [-0.25, -0.2) is 9.78 Å². The number of aromatic carboxylic acids is 1. The molecule has 1 unspecified atom stereocenters. The molecule has 23 heavy (non-hydrogen) atoms. The molecular weight excluding hydrogens is 312 g/mol. The molecule has 1 N–H and O–H groups in total. The third kappa shape index (κ3) is 2.70. The first kappa shape index (κ1) is 15.6. The van der Waals surface area contributed by atoms with Crippen molar-refractivity contribution >= 4 is 22.3 Å². The Morgan fingerprint density at radius 2 is 2.26 bits per heavy atom. The summed E-state index contributed by atoms with van der Waals surface area (Å²) >= 11 is 1.43. The van der Waals surface area contributed by atoms with Crippen LogP contribution >= 0.6 is 11.3 Å². The number of thiazole rings is 1. The van der Waals surface area contributed by atoms with Crippen LogP contribution < -0.4 is 4.74 Å². The fourth-order valence-corrected chi connectivity index (χ4v) is 3.48. The molecule has 0 amide bonds. The van der Waals surface area contributed by atoms with Crippen molar-refractivity contribution in [1.82, 2.24) is 9.38 Å². The number of hydrogen-bond donors (Lipinski definition) is 1. The Hall–Kier alpha value is -2.34. The zero-order chi connectivity index (χ0) is 16.6. The molecule has 3 aromatic rings. The van der Waals surface area contributed by atoms with Crippen molar-refractivity contribution in [1.29, 1.82) is 0 Å². The Labute approximate surface area is 138 Å². The molecule has 120 valence electrons. The normalized spacial score (nSPS) is 12.5. The minimum atomic E-state index is -1.01. The Bertz CT molecular complexity index is 866. The molecule has 0 aliphatic carbocycles. The van der Waals surface area contributed by atoms with Crippen LogP contribution in [-0.2, 0) is 0 Å². The first-order valence-electron chi connectivity index (χ1n) is 7.43. The van der Waals surface area contributed by atoms with Gasteiger partial charge >= 0.3 is 5.97 Å². The molecule has 2 heterocycles. The molecule has 0 bridgehead atoms. The van der Waals surface area contributed by atoms with Crippen LogP contribution in [-0.4, -0.2) is 27.6 Å². The summed E-state index contributed by atoms with van der Waals surface area (Å²) in [6, 6.07) is 6.08. The van der Waals surface area contributed by atoms with Gasteiger partial charge in [0, 0.05) is 11.6 Å². The number of hydrogen-bond acceptors (Lipinski definition) is 4. The van der Waals surface area contributed by atoms with E-state index in [0.29, 0.717) is 10.9 Å². The van der Waals surface area contributed by atoms with Crippen molar-refractivity contribution in [2.45, 2.75) is 26.2 Å². The Balaban J connectivity index is 2.13. The molecule has 1 atom stereocenters. The lowest BCUT2D eigenvalue weighted by Gasteiger charge is -2.15. The van der Waals surface area contributed by atoms with Crippen molar-refractivity contribution in [2.24, 2.45) is 0 Å². The van der Waals surface area contributed by atoms with E-state index in [1.165, 1.54) is 11.3 Å². The number of imidazole rings is 1.